The summed E-state index contributed by atoms with van der Waals surface area (Å²) >= 11 is 0. The molecule has 2 aromatic rings. The maximum atomic E-state index is 12.2. The Morgan fingerprint density at radius 1 is 1.00 bits per heavy atom. The fraction of sp³-hybridized carbons (Fsp3) is 0.381. The van der Waals surface area contributed by atoms with Crippen molar-refractivity contribution in [1.29, 1.82) is 0 Å². The first kappa shape index (κ1) is 21.9. The van der Waals surface area contributed by atoms with Gasteiger partial charge in [0.15, 0.2) is 6.61 Å². The van der Waals surface area contributed by atoms with Gasteiger partial charge in [-0.15, -0.1) is 0 Å². The van der Waals surface area contributed by atoms with E-state index in [-0.39, 0.29) is 35.9 Å². The van der Waals surface area contributed by atoms with Crippen molar-refractivity contribution in [3.05, 3.63) is 59.7 Å². The van der Waals surface area contributed by atoms with E-state index in [1.54, 1.807) is 24.3 Å². The Labute approximate surface area is 167 Å². The molecule has 2 rings (SSSR count). The number of benzene rings is 2. The molecule has 0 heterocycles. The molecule has 0 aliphatic carbocycles. The molecule has 0 radical (unpaired) electrons. The zero-order valence-electron chi connectivity index (χ0n) is 16.8. The lowest BCUT2D eigenvalue weighted by molar-refractivity contribution is -0.123. The zero-order valence-corrected chi connectivity index (χ0v) is 17.6. The number of carbonyl (C=O) groups is 1. The van der Waals surface area contributed by atoms with Crippen LogP contribution in [0.5, 0.6) is 5.75 Å². The Morgan fingerprint density at radius 2 is 1.64 bits per heavy atom. The summed E-state index contributed by atoms with van der Waals surface area (Å²) in [5.74, 6) is 0.364. The maximum absolute atomic E-state index is 12.2. The molecule has 0 saturated heterocycles. The first-order valence-corrected chi connectivity index (χ1v) is 10.6. The summed E-state index contributed by atoms with van der Waals surface area (Å²) in [6.45, 7) is 8.27. The van der Waals surface area contributed by atoms with Gasteiger partial charge in [0.05, 0.1) is 4.90 Å². The van der Waals surface area contributed by atoms with Crippen LogP contribution in [0.3, 0.4) is 0 Å². The largest absolute Gasteiger partial charge is 0.483 e. The summed E-state index contributed by atoms with van der Waals surface area (Å²) in [5.41, 5.74) is 1.91. The maximum Gasteiger partial charge on any atom is 0.257 e. The fourth-order valence-electron chi connectivity index (χ4n) is 2.59. The van der Waals surface area contributed by atoms with Crippen LogP contribution in [-0.4, -0.2) is 34.0 Å². The molecule has 0 bridgehead atoms. The molecular weight excluding hydrogens is 376 g/mol. The topological polar surface area (TPSA) is 84.5 Å². The highest BCUT2D eigenvalue weighted by atomic mass is 32.2. The highest BCUT2D eigenvalue weighted by Crippen LogP contribution is 2.30. The van der Waals surface area contributed by atoms with Crippen LogP contribution in [-0.2, 0) is 20.2 Å². The van der Waals surface area contributed by atoms with Crippen molar-refractivity contribution < 1.29 is 17.9 Å². The van der Waals surface area contributed by atoms with E-state index in [1.165, 1.54) is 0 Å². The second-order valence-corrected chi connectivity index (χ2v) is 9.36. The highest BCUT2D eigenvalue weighted by molar-refractivity contribution is 7.89. The standard InChI is InChI=1S/C21H28N2O4S/c1-16-9-11-17(12-10-16)28(25,26)23-14-13-22-20(24)15-27-19-8-6-5-7-18(19)21(2,3)4/h5-12,23H,13-15H2,1-4H3,(H,22,24). The molecular formula is C21H28N2O4S. The summed E-state index contributed by atoms with van der Waals surface area (Å²) in [7, 11) is -3.58. The van der Waals surface area contributed by atoms with Crippen LogP contribution >= 0.6 is 0 Å². The molecule has 0 atom stereocenters. The van der Waals surface area contributed by atoms with E-state index < -0.39 is 10.0 Å². The van der Waals surface area contributed by atoms with Gasteiger partial charge in [-0.05, 0) is 36.1 Å². The molecule has 7 heteroatoms. The Kier molecular flexibility index (Phi) is 7.21. The van der Waals surface area contributed by atoms with E-state index in [0.29, 0.717) is 5.75 Å². The van der Waals surface area contributed by atoms with Crippen molar-refractivity contribution in [2.45, 2.75) is 38.0 Å². The number of para-hydroxylation sites is 1. The third kappa shape index (κ3) is 6.35. The lowest BCUT2D eigenvalue weighted by Crippen LogP contribution is -2.36. The van der Waals surface area contributed by atoms with Crippen LogP contribution in [0.15, 0.2) is 53.4 Å². The van der Waals surface area contributed by atoms with E-state index in [2.05, 4.69) is 30.8 Å². The number of aryl methyl sites for hydroxylation is 1. The van der Waals surface area contributed by atoms with Gasteiger partial charge in [0.2, 0.25) is 10.0 Å². The van der Waals surface area contributed by atoms with Gasteiger partial charge >= 0.3 is 0 Å². The second kappa shape index (κ2) is 9.21. The van der Waals surface area contributed by atoms with Crippen molar-refractivity contribution in [1.82, 2.24) is 10.0 Å². The molecule has 152 valence electrons. The summed E-state index contributed by atoms with van der Waals surface area (Å²) in [6, 6.07) is 14.2. The molecule has 2 aromatic carbocycles. The number of amides is 1. The fourth-order valence-corrected chi connectivity index (χ4v) is 3.63. The van der Waals surface area contributed by atoms with Gasteiger partial charge in [-0.3, -0.25) is 4.79 Å². The molecule has 28 heavy (non-hydrogen) atoms. The second-order valence-electron chi connectivity index (χ2n) is 7.60. The van der Waals surface area contributed by atoms with E-state index in [0.717, 1.165) is 11.1 Å². The molecule has 2 N–H and O–H groups in total. The predicted octanol–water partition coefficient (Wildman–Crippen LogP) is 2.77. The normalized spacial score (nSPS) is 11.9. The molecule has 0 unspecified atom stereocenters. The summed E-state index contributed by atoms with van der Waals surface area (Å²) in [4.78, 5) is 12.2. The smallest absolute Gasteiger partial charge is 0.257 e. The minimum atomic E-state index is -3.58. The Bertz CT molecular complexity index is 901. The number of nitrogens with one attached hydrogen (secondary N) is 2. The van der Waals surface area contributed by atoms with Crippen molar-refractivity contribution >= 4 is 15.9 Å². The van der Waals surface area contributed by atoms with Crippen LogP contribution in [0.4, 0.5) is 0 Å². The summed E-state index contributed by atoms with van der Waals surface area (Å²) < 4.78 is 32.5. The first-order valence-electron chi connectivity index (χ1n) is 9.15. The number of carbonyl (C=O) groups excluding carboxylic acids is 1. The SMILES string of the molecule is Cc1ccc(S(=O)(=O)NCCNC(=O)COc2ccccc2C(C)(C)C)cc1. The predicted molar refractivity (Wildman–Crippen MR) is 110 cm³/mol. The monoisotopic (exact) mass is 404 g/mol. The van der Waals surface area contributed by atoms with Gasteiger partial charge in [0.1, 0.15) is 5.75 Å². The molecule has 1 amide bonds. The number of sulfonamides is 1. The number of ether oxygens (including phenoxy) is 1. The van der Waals surface area contributed by atoms with Crippen LogP contribution in [0.2, 0.25) is 0 Å². The zero-order chi connectivity index (χ0) is 20.8. The number of rotatable bonds is 8. The molecule has 0 aliphatic heterocycles. The third-order valence-electron chi connectivity index (χ3n) is 4.12. The molecule has 0 saturated carbocycles. The van der Waals surface area contributed by atoms with E-state index in [4.69, 9.17) is 4.74 Å². The Morgan fingerprint density at radius 3 is 2.29 bits per heavy atom. The van der Waals surface area contributed by atoms with E-state index >= 15 is 0 Å². The highest BCUT2D eigenvalue weighted by Gasteiger charge is 2.19. The van der Waals surface area contributed by atoms with E-state index in [1.807, 2.05) is 31.2 Å². The molecule has 0 spiro atoms. The van der Waals surface area contributed by atoms with Gasteiger partial charge in [-0.2, -0.15) is 0 Å². The average molecular weight is 405 g/mol. The molecule has 6 nitrogen and oxygen atoms in total. The van der Waals surface area contributed by atoms with E-state index in [9.17, 15) is 13.2 Å². The first-order chi connectivity index (χ1) is 13.1. The van der Waals surface area contributed by atoms with Crippen molar-refractivity contribution in [2.75, 3.05) is 19.7 Å². The minimum absolute atomic E-state index is 0.0959. The summed E-state index contributed by atoms with van der Waals surface area (Å²) in [5, 5.41) is 2.65. The Hall–Kier alpha value is -2.38. The third-order valence-corrected chi connectivity index (χ3v) is 5.60. The van der Waals surface area contributed by atoms with Gasteiger partial charge in [0, 0.05) is 13.1 Å². The van der Waals surface area contributed by atoms with Crippen molar-refractivity contribution in [3.63, 3.8) is 0 Å². The van der Waals surface area contributed by atoms with Crippen LogP contribution in [0, 0.1) is 6.92 Å². The minimum Gasteiger partial charge on any atom is -0.483 e. The van der Waals surface area contributed by atoms with Crippen molar-refractivity contribution in [2.24, 2.45) is 0 Å². The lowest BCUT2D eigenvalue weighted by Gasteiger charge is -2.22. The van der Waals surface area contributed by atoms with Gasteiger partial charge in [-0.1, -0.05) is 56.7 Å². The quantitative estimate of drug-likeness (QED) is 0.663. The van der Waals surface area contributed by atoms with Gasteiger partial charge in [0.25, 0.3) is 5.91 Å². The molecule has 0 fully saturated rings. The lowest BCUT2D eigenvalue weighted by atomic mass is 9.86. The number of hydrogen-bond acceptors (Lipinski definition) is 4. The van der Waals surface area contributed by atoms with Gasteiger partial charge < -0.3 is 10.1 Å². The van der Waals surface area contributed by atoms with Crippen LogP contribution in [0.25, 0.3) is 0 Å². The molecule has 0 aromatic heterocycles. The van der Waals surface area contributed by atoms with Crippen LogP contribution < -0.4 is 14.8 Å². The summed E-state index contributed by atoms with van der Waals surface area (Å²) in [6.07, 6.45) is 0. The van der Waals surface area contributed by atoms with Gasteiger partial charge in [-0.25, -0.2) is 13.1 Å². The number of hydrogen-bond donors (Lipinski definition) is 2. The van der Waals surface area contributed by atoms with Crippen molar-refractivity contribution in [3.8, 4) is 5.75 Å². The Balaban J connectivity index is 1.79. The van der Waals surface area contributed by atoms with Crippen LogP contribution in [0.1, 0.15) is 31.9 Å². The molecule has 0 aliphatic rings. The average Bonchev–Trinajstić information content (AvgIpc) is 2.63.